The lowest BCUT2D eigenvalue weighted by molar-refractivity contribution is -0.137. The minimum absolute atomic E-state index is 0.364. The van der Waals surface area contributed by atoms with E-state index < -0.39 is 17.3 Å². The first-order valence-electron chi connectivity index (χ1n) is 5.80. The molecule has 6 heteroatoms. The number of benzene rings is 1. The van der Waals surface area contributed by atoms with Crippen molar-refractivity contribution in [2.75, 3.05) is 7.11 Å². The minimum atomic E-state index is -4.52. The molecule has 0 saturated heterocycles. The van der Waals surface area contributed by atoms with Crippen LogP contribution in [-0.4, -0.2) is 11.7 Å². The zero-order valence-electron chi connectivity index (χ0n) is 10.6. The zero-order valence-corrected chi connectivity index (χ0v) is 10.6. The number of pyridine rings is 1. The van der Waals surface area contributed by atoms with Gasteiger partial charge in [0.1, 0.15) is 0 Å². The first-order chi connectivity index (χ1) is 9.41. The van der Waals surface area contributed by atoms with Crippen molar-refractivity contribution in [2.45, 2.75) is 12.8 Å². The van der Waals surface area contributed by atoms with Gasteiger partial charge in [-0.2, -0.15) is 13.2 Å². The van der Waals surface area contributed by atoms with Gasteiger partial charge in [0.2, 0.25) is 0 Å². The summed E-state index contributed by atoms with van der Waals surface area (Å²) in [7, 11) is 1.54. The molecule has 0 spiro atoms. The molecular formula is C14H12F3NO2. The van der Waals surface area contributed by atoms with Crippen LogP contribution in [0.4, 0.5) is 13.2 Å². The lowest BCUT2D eigenvalue weighted by Crippen LogP contribution is -2.20. The summed E-state index contributed by atoms with van der Waals surface area (Å²) >= 11 is 0. The smallest absolute Gasteiger partial charge is 0.380 e. The molecule has 3 nitrogen and oxygen atoms in total. The Labute approximate surface area is 113 Å². The molecular weight excluding hydrogens is 271 g/mol. The molecule has 0 amide bonds. The highest BCUT2D eigenvalue weighted by molar-refractivity contribution is 5.36. The van der Waals surface area contributed by atoms with Gasteiger partial charge in [0, 0.05) is 25.1 Å². The predicted octanol–water partition coefficient (Wildman–Crippen LogP) is 3.00. The number of hydrogen-bond donors (Lipinski definition) is 0. The standard InChI is InChI=1S/C14H12F3NO2/c1-20-9-10-3-2-4-12(7-10)18-6-5-11(8-13(18)19)14(15,16)17/h2-8H,9H2,1H3. The van der Waals surface area contributed by atoms with E-state index in [-0.39, 0.29) is 0 Å². The van der Waals surface area contributed by atoms with Crippen molar-refractivity contribution in [3.8, 4) is 5.69 Å². The van der Waals surface area contributed by atoms with Gasteiger partial charge >= 0.3 is 6.18 Å². The second-order valence-electron chi connectivity index (χ2n) is 4.22. The first kappa shape index (κ1) is 14.3. The van der Waals surface area contributed by atoms with E-state index in [1.165, 1.54) is 7.11 Å². The van der Waals surface area contributed by atoms with Gasteiger partial charge in [-0.05, 0) is 23.8 Å². The van der Waals surface area contributed by atoms with Gasteiger partial charge in [-0.1, -0.05) is 12.1 Å². The Morgan fingerprint density at radius 2 is 1.95 bits per heavy atom. The molecule has 0 atom stereocenters. The molecule has 1 heterocycles. The van der Waals surface area contributed by atoms with Gasteiger partial charge in [0.05, 0.1) is 12.2 Å². The Bertz CT molecular complexity index is 662. The van der Waals surface area contributed by atoms with Crippen molar-refractivity contribution in [3.05, 3.63) is 64.1 Å². The van der Waals surface area contributed by atoms with Gasteiger partial charge in [0.15, 0.2) is 0 Å². The fourth-order valence-corrected chi connectivity index (χ4v) is 1.83. The van der Waals surface area contributed by atoms with Crippen molar-refractivity contribution in [1.29, 1.82) is 0 Å². The normalized spacial score (nSPS) is 11.6. The highest BCUT2D eigenvalue weighted by Crippen LogP contribution is 2.27. The average molecular weight is 283 g/mol. The van der Waals surface area contributed by atoms with Crippen LogP contribution in [0.2, 0.25) is 0 Å². The van der Waals surface area contributed by atoms with E-state index in [4.69, 9.17) is 4.74 Å². The molecule has 0 aliphatic carbocycles. The van der Waals surface area contributed by atoms with Crippen LogP contribution < -0.4 is 5.56 Å². The Kier molecular flexibility index (Phi) is 3.94. The molecule has 0 saturated carbocycles. The summed E-state index contributed by atoms with van der Waals surface area (Å²) in [5.74, 6) is 0. The molecule has 0 unspecified atom stereocenters. The van der Waals surface area contributed by atoms with Gasteiger partial charge in [-0.15, -0.1) is 0 Å². The number of nitrogens with zero attached hydrogens (tertiary/aromatic N) is 1. The van der Waals surface area contributed by atoms with Gasteiger partial charge in [-0.3, -0.25) is 9.36 Å². The second kappa shape index (κ2) is 5.50. The number of aromatic nitrogens is 1. The lowest BCUT2D eigenvalue weighted by Gasteiger charge is -2.10. The fraction of sp³-hybridized carbons (Fsp3) is 0.214. The number of methoxy groups -OCH3 is 1. The topological polar surface area (TPSA) is 31.2 Å². The molecule has 0 aliphatic heterocycles. The van der Waals surface area contributed by atoms with Gasteiger partial charge in [-0.25, -0.2) is 0 Å². The summed E-state index contributed by atoms with van der Waals surface area (Å²) in [6, 6.07) is 8.33. The Hall–Kier alpha value is -2.08. The van der Waals surface area contributed by atoms with Crippen LogP contribution in [0.3, 0.4) is 0 Å². The van der Waals surface area contributed by atoms with E-state index in [2.05, 4.69) is 0 Å². The lowest BCUT2D eigenvalue weighted by atomic mass is 10.2. The zero-order chi connectivity index (χ0) is 14.8. The maximum absolute atomic E-state index is 12.5. The second-order valence-corrected chi connectivity index (χ2v) is 4.22. The van der Waals surface area contributed by atoms with Crippen molar-refractivity contribution < 1.29 is 17.9 Å². The van der Waals surface area contributed by atoms with E-state index in [0.717, 1.165) is 22.4 Å². The summed E-state index contributed by atoms with van der Waals surface area (Å²) in [5.41, 5.74) is -0.351. The summed E-state index contributed by atoms with van der Waals surface area (Å²) < 4.78 is 43.6. The maximum Gasteiger partial charge on any atom is 0.416 e. The van der Waals surface area contributed by atoms with Crippen molar-refractivity contribution >= 4 is 0 Å². The number of hydrogen-bond acceptors (Lipinski definition) is 2. The SMILES string of the molecule is COCc1cccc(-n2ccc(C(F)(F)F)cc2=O)c1. The molecule has 0 aliphatic rings. The van der Waals surface area contributed by atoms with Crippen molar-refractivity contribution in [3.63, 3.8) is 0 Å². The Morgan fingerprint density at radius 1 is 1.20 bits per heavy atom. The Balaban J connectivity index is 2.44. The molecule has 0 radical (unpaired) electrons. The predicted molar refractivity (Wildman–Crippen MR) is 67.8 cm³/mol. The quantitative estimate of drug-likeness (QED) is 0.867. The monoisotopic (exact) mass is 283 g/mol. The Morgan fingerprint density at radius 3 is 2.55 bits per heavy atom. The molecule has 2 aromatic rings. The number of ether oxygens (including phenoxy) is 1. The molecule has 20 heavy (non-hydrogen) atoms. The number of alkyl halides is 3. The van der Waals surface area contributed by atoms with Crippen LogP contribution in [0, 0.1) is 0 Å². The van der Waals surface area contributed by atoms with Crippen LogP contribution >= 0.6 is 0 Å². The van der Waals surface area contributed by atoms with E-state index in [0.29, 0.717) is 18.4 Å². The minimum Gasteiger partial charge on any atom is -0.380 e. The summed E-state index contributed by atoms with van der Waals surface area (Å²) in [6.07, 6.45) is -3.40. The van der Waals surface area contributed by atoms with Crippen LogP contribution in [0.5, 0.6) is 0 Å². The average Bonchev–Trinajstić information content (AvgIpc) is 2.38. The maximum atomic E-state index is 12.5. The fourth-order valence-electron chi connectivity index (χ4n) is 1.83. The van der Waals surface area contributed by atoms with Crippen LogP contribution in [-0.2, 0) is 17.5 Å². The van der Waals surface area contributed by atoms with E-state index in [1.54, 1.807) is 18.2 Å². The largest absolute Gasteiger partial charge is 0.416 e. The van der Waals surface area contributed by atoms with Crippen molar-refractivity contribution in [2.24, 2.45) is 0 Å². The molecule has 2 rings (SSSR count). The van der Waals surface area contributed by atoms with Gasteiger partial charge in [0.25, 0.3) is 5.56 Å². The third-order valence-corrected chi connectivity index (χ3v) is 2.75. The van der Waals surface area contributed by atoms with E-state index in [9.17, 15) is 18.0 Å². The van der Waals surface area contributed by atoms with Gasteiger partial charge < -0.3 is 4.74 Å². The van der Waals surface area contributed by atoms with Crippen molar-refractivity contribution in [1.82, 2.24) is 4.57 Å². The summed E-state index contributed by atoms with van der Waals surface area (Å²) in [4.78, 5) is 11.8. The highest BCUT2D eigenvalue weighted by atomic mass is 19.4. The summed E-state index contributed by atoms with van der Waals surface area (Å²) in [6.45, 7) is 0.364. The molecule has 1 aromatic carbocycles. The van der Waals surface area contributed by atoms with Crippen LogP contribution in [0.15, 0.2) is 47.4 Å². The molecule has 1 aromatic heterocycles. The highest BCUT2D eigenvalue weighted by Gasteiger charge is 2.30. The number of rotatable bonds is 3. The van der Waals surface area contributed by atoms with E-state index >= 15 is 0 Å². The van der Waals surface area contributed by atoms with Crippen LogP contribution in [0.25, 0.3) is 5.69 Å². The number of halogens is 3. The first-order valence-corrected chi connectivity index (χ1v) is 5.80. The molecule has 106 valence electrons. The van der Waals surface area contributed by atoms with E-state index in [1.807, 2.05) is 6.07 Å². The third-order valence-electron chi connectivity index (χ3n) is 2.75. The van der Waals surface area contributed by atoms with Crippen LogP contribution in [0.1, 0.15) is 11.1 Å². The third kappa shape index (κ3) is 3.08. The molecule has 0 N–H and O–H groups in total. The summed E-state index contributed by atoms with van der Waals surface area (Å²) in [5, 5.41) is 0. The molecule has 0 bridgehead atoms. The molecule has 0 fully saturated rings.